The van der Waals surface area contributed by atoms with Crippen molar-refractivity contribution in [2.24, 2.45) is 0 Å². The minimum absolute atomic E-state index is 0.120. The van der Waals surface area contributed by atoms with Gasteiger partial charge < -0.3 is 4.98 Å². The molecular formula is C22H26N6O. The average Bonchev–Trinajstić information content (AvgIpc) is 2.76. The highest BCUT2D eigenvalue weighted by Crippen LogP contribution is 2.27. The van der Waals surface area contributed by atoms with Gasteiger partial charge >= 0.3 is 0 Å². The summed E-state index contributed by atoms with van der Waals surface area (Å²) in [6.45, 7) is 4.86. The maximum absolute atomic E-state index is 12.2. The highest BCUT2D eigenvalue weighted by Gasteiger charge is 2.23. The van der Waals surface area contributed by atoms with Gasteiger partial charge in [-0.1, -0.05) is 6.92 Å². The van der Waals surface area contributed by atoms with Gasteiger partial charge in [-0.3, -0.25) is 14.7 Å². The Hall–Kier alpha value is -2.93. The van der Waals surface area contributed by atoms with Gasteiger partial charge in [-0.2, -0.15) is 0 Å². The second kappa shape index (κ2) is 9.05. The van der Waals surface area contributed by atoms with Crippen LogP contribution < -0.4 is 5.56 Å². The van der Waals surface area contributed by atoms with Crippen LogP contribution in [0.2, 0.25) is 0 Å². The summed E-state index contributed by atoms with van der Waals surface area (Å²) < 4.78 is 0. The third-order valence-corrected chi connectivity index (χ3v) is 5.26. The van der Waals surface area contributed by atoms with E-state index < -0.39 is 0 Å². The lowest BCUT2D eigenvalue weighted by Crippen LogP contribution is -2.34. The van der Waals surface area contributed by atoms with Crippen molar-refractivity contribution in [3.63, 3.8) is 0 Å². The van der Waals surface area contributed by atoms with Gasteiger partial charge in [0.2, 0.25) is 0 Å². The fraction of sp³-hybridized carbons (Fsp3) is 0.409. The van der Waals surface area contributed by atoms with Crippen LogP contribution in [0.3, 0.4) is 0 Å². The molecule has 4 rings (SSSR count). The topological polar surface area (TPSA) is 87.7 Å². The fourth-order valence-corrected chi connectivity index (χ4v) is 3.84. The molecule has 0 aromatic carbocycles. The molecule has 0 saturated carbocycles. The lowest BCUT2D eigenvalue weighted by atomic mass is 9.94. The Balaban J connectivity index is 1.48. The first-order valence-electron chi connectivity index (χ1n) is 10.2. The summed E-state index contributed by atoms with van der Waals surface area (Å²) >= 11 is 0. The van der Waals surface area contributed by atoms with Crippen molar-refractivity contribution >= 4 is 0 Å². The lowest BCUT2D eigenvalue weighted by molar-refractivity contribution is 0.198. The zero-order valence-electron chi connectivity index (χ0n) is 16.7. The molecule has 1 fully saturated rings. The van der Waals surface area contributed by atoms with Gasteiger partial charge in [-0.25, -0.2) is 15.0 Å². The minimum atomic E-state index is -0.120. The van der Waals surface area contributed by atoms with Crippen LogP contribution in [0.15, 0.2) is 47.8 Å². The van der Waals surface area contributed by atoms with Gasteiger partial charge in [-0.15, -0.1) is 0 Å². The number of nitrogens with zero attached hydrogens (tertiary/aromatic N) is 5. The Kier molecular flexibility index (Phi) is 6.05. The number of hydrogen-bond donors (Lipinski definition) is 1. The lowest BCUT2D eigenvalue weighted by Gasteiger charge is -2.32. The van der Waals surface area contributed by atoms with Crippen LogP contribution in [0.1, 0.15) is 49.2 Å². The van der Waals surface area contributed by atoms with Crippen LogP contribution in [0.5, 0.6) is 0 Å². The molecule has 1 aliphatic heterocycles. The molecule has 1 atom stereocenters. The molecule has 4 heterocycles. The predicted octanol–water partition coefficient (Wildman–Crippen LogP) is 2.95. The van der Waals surface area contributed by atoms with E-state index in [0.29, 0.717) is 5.82 Å². The standard InChI is InChI=1S/C22H26N6O/c1-2-5-20-24-11-16(12-25-20)14-28-9-4-7-18(15-28)19-10-21(29)27-22(26-19)17-6-3-8-23-13-17/h3,6,8,10-13,18H,2,4-5,7,9,14-15H2,1H3,(H,26,27,29). The summed E-state index contributed by atoms with van der Waals surface area (Å²) in [5.41, 5.74) is 2.68. The third-order valence-electron chi connectivity index (χ3n) is 5.26. The number of likely N-dealkylation sites (tertiary alicyclic amines) is 1. The van der Waals surface area contributed by atoms with Crippen LogP contribution in [-0.4, -0.2) is 42.9 Å². The van der Waals surface area contributed by atoms with E-state index in [1.807, 2.05) is 24.5 Å². The normalized spacial score (nSPS) is 17.3. The molecule has 3 aromatic heterocycles. The van der Waals surface area contributed by atoms with Crippen molar-refractivity contribution in [2.75, 3.05) is 13.1 Å². The molecule has 1 unspecified atom stereocenters. The number of H-pyrrole nitrogens is 1. The van der Waals surface area contributed by atoms with E-state index in [2.05, 4.69) is 31.8 Å². The zero-order valence-corrected chi connectivity index (χ0v) is 16.7. The number of aromatic amines is 1. The maximum atomic E-state index is 12.2. The molecule has 0 aliphatic carbocycles. The SMILES string of the molecule is CCCc1ncc(CN2CCCC(c3cc(=O)[nH]c(-c4cccnc4)n3)C2)cn1. The molecule has 1 N–H and O–H groups in total. The molecule has 7 nitrogen and oxygen atoms in total. The Morgan fingerprint density at radius 2 is 2.10 bits per heavy atom. The van der Waals surface area contributed by atoms with Crippen molar-refractivity contribution in [3.05, 3.63) is 70.4 Å². The molecule has 0 amide bonds. The highest BCUT2D eigenvalue weighted by molar-refractivity contribution is 5.52. The van der Waals surface area contributed by atoms with Crippen molar-refractivity contribution in [3.8, 4) is 11.4 Å². The number of nitrogens with one attached hydrogen (secondary N) is 1. The molecule has 7 heteroatoms. The average molecular weight is 390 g/mol. The summed E-state index contributed by atoms with van der Waals surface area (Å²) in [5, 5.41) is 0. The van der Waals surface area contributed by atoms with Crippen LogP contribution in [0.25, 0.3) is 11.4 Å². The van der Waals surface area contributed by atoms with Gasteiger partial charge in [0, 0.05) is 67.4 Å². The van der Waals surface area contributed by atoms with E-state index in [1.54, 1.807) is 18.5 Å². The monoisotopic (exact) mass is 390 g/mol. The maximum Gasteiger partial charge on any atom is 0.251 e. The van der Waals surface area contributed by atoms with E-state index in [4.69, 9.17) is 4.98 Å². The summed E-state index contributed by atoms with van der Waals surface area (Å²) in [6, 6.07) is 5.39. The van der Waals surface area contributed by atoms with Crippen LogP contribution >= 0.6 is 0 Å². The summed E-state index contributed by atoms with van der Waals surface area (Å²) in [5.74, 6) is 1.72. The number of rotatable bonds is 6. The highest BCUT2D eigenvalue weighted by atomic mass is 16.1. The summed E-state index contributed by atoms with van der Waals surface area (Å²) in [7, 11) is 0. The summed E-state index contributed by atoms with van der Waals surface area (Å²) in [4.78, 5) is 35.3. The van der Waals surface area contributed by atoms with Crippen molar-refractivity contribution in [1.29, 1.82) is 0 Å². The van der Waals surface area contributed by atoms with Gasteiger partial charge in [0.05, 0.1) is 5.69 Å². The first-order chi connectivity index (χ1) is 14.2. The van der Waals surface area contributed by atoms with Crippen molar-refractivity contribution in [2.45, 2.75) is 45.1 Å². The largest absolute Gasteiger partial charge is 0.306 e. The predicted molar refractivity (Wildman–Crippen MR) is 111 cm³/mol. The summed E-state index contributed by atoms with van der Waals surface area (Å²) in [6.07, 6.45) is 11.4. The smallest absolute Gasteiger partial charge is 0.251 e. The van der Waals surface area contributed by atoms with Crippen LogP contribution in [-0.2, 0) is 13.0 Å². The third kappa shape index (κ3) is 4.92. The van der Waals surface area contributed by atoms with E-state index in [0.717, 1.165) is 68.0 Å². The van der Waals surface area contributed by atoms with Gasteiger partial charge in [-0.05, 0) is 37.9 Å². The van der Waals surface area contributed by atoms with E-state index in [-0.39, 0.29) is 11.5 Å². The Bertz CT molecular complexity index is 986. The molecule has 29 heavy (non-hydrogen) atoms. The van der Waals surface area contributed by atoms with Gasteiger partial charge in [0.25, 0.3) is 5.56 Å². The van der Waals surface area contributed by atoms with E-state index in [1.165, 1.54) is 0 Å². The Morgan fingerprint density at radius 3 is 2.86 bits per heavy atom. The molecule has 0 spiro atoms. The van der Waals surface area contributed by atoms with E-state index >= 15 is 0 Å². The number of hydrogen-bond acceptors (Lipinski definition) is 6. The quantitative estimate of drug-likeness (QED) is 0.696. The van der Waals surface area contributed by atoms with Crippen LogP contribution in [0, 0.1) is 0 Å². The first-order valence-corrected chi connectivity index (χ1v) is 10.2. The second-order valence-electron chi connectivity index (χ2n) is 7.59. The fourth-order valence-electron chi connectivity index (χ4n) is 3.84. The van der Waals surface area contributed by atoms with Gasteiger partial charge in [0.1, 0.15) is 11.6 Å². The van der Waals surface area contributed by atoms with Crippen molar-refractivity contribution in [1.82, 2.24) is 29.8 Å². The molecule has 0 radical (unpaired) electrons. The second-order valence-corrected chi connectivity index (χ2v) is 7.59. The molecule has 0 bridgehead atoms. The number of aryl methyl sites for hydroxylation is 1. The molecule has 3 aromatic rings. The molecule has 1 aliphatic rings. The molecular weight excluding hydrogens is 364 g/mol. The number of aromatic nitrogens is 5. The Morgan fingerprint density at radius 1 is 1.24 bits per heavy atom. The number of pyridine rings is 1. The van der Waals surface area contributed by atoms with E-state index in [9.17, 15) is 4.79 Å². The minimum Gasteiger partial charge on any atom is -0.306 e. The Labute approximate surface area is 170 Å². The first kappa shape index (κ1) is 19.4. The zero-order chi connectivity index (χ0) is 20.1. The van der Waals surface area contributed by atoms with Crippen LogP contribution in [0.4, 0.5) is 0 Å². The molecule has 1 saturated heterocycles. The van der Waals surface area contributed by atoms with Gasteiger partial charge in [0.15, 0.2) is 0 Å². The number of piperidine rings is 1. The molecule has 150 valence electrons. The van der Waals surface area contributed by atoms with Crippen molar-refractivity contribution < 1.29 is 0 Å².